The molecule has 1 aromatic carbocycles. The molecule has 0 aliphatic carbocycles. The van der Waals surface area contributed by atoms with Gasteiger partial charge in [-0.05, 0) is 25.0 Å². The highest BCUT2D eigenvalue weighted by atomic mass is 15.5. The Labute approximate surface area is 101 Å². The van der Waals surface area contributed by atoms with Crippen LogP contribution in [0.5, 0.6) is 0 Å². The van der Waals surface area contributed by atoms with Gasteiger partial charge in [0.15, 0.2) is 0 Å². The van der Waals surface area contributed by atoms with Gasteiger partial charge in [-0.25, -0.2) is 0 Å². The predicted molar refractivity (Wildman–Crippen MR) is 67.7 cm³/mol. The summed E-state index contributed by atoms with van der Waals surface area (Å²) in [5.41, 5.74) is 7.76. The van der Waals surface area contributed by atoms with E-state index in [1.165, 1.54) is 0 Å². The van der Waals surface area contributed by atoms with Crippen molar-refractivity contribution in [3.63, 3.8) is 0 Å². The second-order valence-electron chi connectivity index (χ2n) is 3.87. The monoisotopic (exact) mass is 228 g/mol. The van der Waals surface area contributed by atoms with Crippen LogP contribution in [-0.4, -0.2) is 15.0 Å². The van der Waals surface area contributed by atoms with E-state index in [0.29, 0.717) is 0 Å². The maximum absolute atomic E-state index is 6.01. The highest BCUT2D eigenvalue weighted by molar-refractivity contribution is 5.28. The lowest BCUT2D eigenvalue weighted by molar-refractivity contribution is 0.626. The molecule has 0 saturated heterocycles. The quantitative estimate of drug-likeness (QED) is 0.798. The molecule has 0 aliphatic rings. The average Bonchev–Trinajstić information content (AvgIpc) is 2.86. The summed E-state index contributed by atoms with van der Waals surface area (Å²) >= 11 is 0. The van der Waals surface area contributed by atoms with E-state index < -0.39 is 0 Å². The molecule has 1 atom stereocenters. The van der Waals surface area contributed by atoms with Crippen molar-refractivity contribution in [1.82, 2.24) is 15.0 Å². The van der Waals surface area contributed by atoms with Gasteiger partial charge < -0.3 is 5.73 Å². The number of rotatable bonds is 5. The van der Waals surface area contributed by atoms with Crippen LogP contribution >= 0.6 is 0 Å². The summed E-state index contributed by atoms with van der Waals surface area (Å²) in [4.78, 5) is 1.60. The van der Waals surface area contributed by atoms with Crippen molar-refractivity contribution in [2.75, 3.05) is 0 Å². The standard InChI is InChI=1S/C13H16N4/c1-2-3-9-12(14)13-10-15-17(16-13)11-7-5-4-6-8-11/h2,4-8,10,12H,1,3,9,14H2. The summed E-state index contributed by atoms with van der Waals surface area (Å²) in [6, 6.07) is 9.71. The molecule has 0 saturated carbocycles. The van der Waals surface area contributed by atoms with Gasteiger partial charge in [0.25, 0.3) is 0 Å². The molecule has 1 aromatic heterocycles. The summed E-state index contributed by atoms with van der Waals surface area (Å²) in [6.45, 7) is 3.68. The maximum Gasteiger partial charge on any atom is 0.0998 e. The Bertz CT molecular complexity index is 475. The average molecular weight is 228 g/mol. The minimum Gasteiger partial charge on any atom is -0.323 e. The maximum atomic E-state index is 6.01. The van der Waals surface area contributed by atoms with Crippen LogP contribution in [0.3, 0.4) is 0 Å². The van der Waals surface area contributed by atoms with Crippen molar-refractivity contribution in [3.05, 3.63) is 54.9 Å². The molecule has 0 radical (unpaired) electrons. The van der Waals surface area contributed by atoms with Crippen molar-refractivity contribution in [1.29, 1.82) is 0 Å². The number of benzene rings is 1. The minimum absolute atomic E-state index is 0.0783. The van der Waals surface area contributed by atoms with Gasteiger partial charge >= 0.3 is 0 Å². The molecule has 88 valence electrons. The molecule has 0 amide bonds. The van der Waals surface area contributed by atoms with Crippen LogP contribution in [-0.2, 0) is 0 Å². The molecule has 2 aromatic rings. The summed E-state index contributed by atoms with van der Waals surface area (Å²) in [5.74, 6) is 0. The van der Waals surface area contributed by atoms with Gasteiger partial charge in [-0.1, -0.05) is 24.3 Å². The zero-order valence-corrected chi connectivity index (χ0v) is 9.66. The number of hydrogen-bond acceptors (Lipinski definition) is 3. The third kappa shape index (κ3) is 2.79. The molecule has 0 aliphatic heterocycles. The Balaban J connectivity index is 2.13. The molecular formula is C13H16N4. The van der Waals surface area contributed by atoms with Crippen molar-refractivity contribution in [2.24, 2.45) is 5.73 Å². The number of allylic oxidation sites excluding steroid dienone is 1. The van der Waals surface area contributed by atoms with Crippen molar-refractivity contribution >= 4 is 0 Å². The number of hydrogen-bond donors (Lipinski definition) is 1. The van der Waals surface area contributed by atoms with E-state index in [0.717, 1.165) is 24.2 Å². The number of nitrogens with zero attached hydrogens (tertiary/aromatic N) is 3. The number of aromatic nitrogens is 3. The first-order valence-corrected chi connectivity index (χ1v) is 5.65. The third-order valence-corrected chi connectivity index (χ3v) is 2.56. The molecule has 2 N–H and O–H groups in total. The van der Waals surface area contributed by atoms with Gasteiger partial charge in [0, 0.05) is 0 Å². The molecule has 0 fully saturated rings. The predicted octanol–water partition coefficient (Wildman–Crippen LogP) is 2.23. The lowest BCUT2D eigenvalue weighted by Gasteiger charge is -2.05. The van der Waals surface area contributed by atoms with Crippen LogP contribution < -0.4 is 5.73 Å². The van der Waals surface area contributed by atoms with Gasteiger partial charge in [-0.2, -0.15) is 15.0 Å². The SMILES string of the molecule is C=CCCC(N)c1cnn(-c2ccccc2)n1. The Hall–Kier alpha value is -1.94. The molecule has 1 heterocycles. The van der Waals surface area contributed by atoms with E-state index >= 15 is 0 Å². The van der Waals surface area contributed by atoms with Crippen LogP contribution in [0.4, 0.5) is 0 Å². The number of para-hydroxylation sites is 1. The fraction of sp³-hybridized carbons (Fsp3) is 0.231. The zero-order valence-electron chi connectivity index (χ0n) is 9.66. The van der Waals surface area contributed by atoms with E-state index in [1.54, 1.807) is 11.0 Å². The fourth-order valence-corrected chi connectivity index (χ4v) is 1.58. The summed E-state index contributed by atoms with van der Waals surface area (Å²) in [7, 11) is 0. The van der Waals surface area contributed by atoms with E-state index in [1.807, 2.05) is 36.4 Å². The van der Waals surface area contributed by atoms with Gasteiger partial charge in [0.2, 0.25) is 0 Å². The summed E-state index contributed by atoms with van der Waals surface area (Å²) in [6.07, 6.45) is 5.32. The van der Waals surface area contributed by atoms with Gasteiger partial charge in [-0.3, -0.25) is 0 Å². The fourth-order valence-electron chi connectivity index (χ4n) is 1.58. The second kappa shape index (κ2) is 5.41. The smallest absolute Gasteiger partial charge is 0.0998 e. The third-order valence-electron chi connectivity index (χ3n) is 2.56. The Morgan fingerprint density at radius 1 is 1.35 bits per heavy atom. The largest absolute Gasteiger partial charge is 0.323 e. The van der Waals surface area contributed by atoms with Gasteiger partial charge in [0.05, 0.1) is 23.6 Å². The van der Waals surface area contributed by atoms with Gasteiger partial charge in [-0.15, -0.1) is 6.58 Å². The Morgan fingerprint density at radius 2 is 2.12 bits per heavy atom. The molecule has 0 spiro atoms. The van der Waals surface area contributed by atoms with Crippen LogP contribution in [0, 0.1) is 0 Å². The lowest BCUT2D eigenvalue weighted by atomic mass is 10.1. The molecular weight excluding hydrogens is 212 g/mol. The van der Waals surface area contributed by atoms with E-state index in [-0.39, 0.29) is 6.04 Å². The summed E-state index contributed by atoms with van der Waals surface area (Å²) in [5, 5.41) is 8.59. The lowest BCUT2D eigenvalue weighted by Crippen LogP contribution is -2.11. The summed E-state index contributed by atoms with van der Waals surface area (Å²) < 4.78 is 0. The minimum atomic E-state index is -0.0783. The molecule has 0 bridgehead atoms. The molecule has 2 rings (SSSR count). The number of nitrogens with two attached hydrogens (primary N) is 1. The first-order chi connectivity index (χ1) is 8.31. The Morgan fingerprint density at radius 3 is 2.82 bits per heavy atom. The van der Waals surface area contributed by atoms with E-state index in [2.05, 4.69) is 16.8 Å². The molecule has 1 unspecified atom stereocenters. The zero-order chi connectivity index (χ0) is 12.1. The van der Waals surface area contributed by atoms with Crippen LogP contribution in [0.25, 0.3) is 5.69 Å². The molecule has 17 heavy (non-hydrogen) atoms. The second-order valence-corrected chi connectivity index (χ2v) is 3.87. The van der Waals surface area contributed by atoms with Crippen LogP contribution in [0.2, 0.25) is 0 Å². The van der Waals surface area contributed by atoms with Crippen molar-refractivity contribution < 1.29 is 0 Å². The van der Waals surface area contributed by atoms with E-state index in [4.69, 9.17) is 5.73 Å². The van der Waals surface area contributed by atoms with Gasteiger partial charge in [0.1, 0.15) is 0 Å². The van der Waals surface area contributed by atoms with Crippen LogP contribution in [0.1, 0.15) is 24.6 Å². The van der Waals surface area contributed by atoms with E-state index in [9.17, 15) is 0 Å². The Kier molecular flexibility index (Phi) is 3.67. The highest BCUT2D eigenvalue weighted by Crippen LogP contribution is 2.13. The van der Waals surface area contributed by atoms with Crippen molar-refractivity contribution in [2.45, 2.75) is 18.9 Å². The topological polar surface area (TPSA) is 56.7 Å². The molecule has 4 nitrogen and oxygen atoms in total. The van der Waals surface area contributed by atoms with Crippen molar-refractivity contribution in [3.8, 4) is 5.69 Å². The normalized spacial score (nSPS) is 12.3. The highest BCUT2D eigenvalue weighted by Gasteiger charge is 2.10. The van der Waals surface area contributed by atoms with Crippen LogP contribution in [0.15, 0.2) is 49.2 Å². The first-order valence-electron chi connectivity index (χ1n) is 5.65. The molecule has 4 heteroatoms. The first kappa shape index (κ1) is 11.5.